The molecule has 1 N–H and O–H groups in total. The van der Waals surface area contributed by atoms with Crippen LogP contribution in [-0.4, -0.2) is 12.6 Å². The van der Waals surface area contributed by atoms with Crippen molar-refractivity contribution in [1.29, 1.82) is 0 Å². The van der Waals surface area contributed by atoms with Gasteiger partial charge in [0, 0.05) is 6.04 Å². The SMILES string of the molecule is CC(C)NCC1CCC1CC1CCCC1. The standard InChI is InChI=1S/C14H27N/c1-11(2)15-10-14-8-7-13(14)9-12-5-3-4-6-12/h11-15H,3-10H2,1-2H3. The van der Waals surface area contributed by atoms with Crippen molar-refractivity contribution in [3.63, 3.8) is 0 Å². The van der Waals surface area contributed by atoms with Crippen molar-refractivity contribution < 1.29 is 0 Å². The van der Waals surface area contributed by atoms with E-state index in [4.69, 9.17) is 0 Å². The van der Waals surface area contributed by atoms with Gasteiger partial charge in [-0.05, 0) is 43.6 Å². The fourth-order valence-corrected chi connectivity index (χ4v) is 3.28. The molecule has 0 radical (unpaired) electrons. The summed E-state index contributed by atoms with van der Waals surface area (Å²) in [5.74, 6) is 3.17. The molecule has 2 unspecified atom stereocenters. The van der Waals surface area contributed by atoms with Crippen LogP contribution in [0.15, 0.2) is 0 Å². The minimum absolute atomic E-state index is 0.665. The Morgan fingerprint density at radius 1 is 1.00 bits per heavy atom. The van der Waals surface area contributed by atoms with Gasteiger partial charge in [0.1, 0.15) is 0 Å². The normalized spacial score (nSPS) is 32.2. The van der Waals surface area contributed by atoms with E-state index in [1.807, 2.05) is 0 Å². The largest absolute Gasteiger partial charge is 0.314 e. The molecule has 2 aliphatic carbocycles. The summed E-state index contributed by atoms with van der Waals surface area (Å²) in [5.41, 5.74) is 0. The molecule has 0 aliphatic heterocycles. The predicted octanol–water partition coefficient (Wildman–Crippen LogP) is 3.59. The molecular formula is C14H27N. The van der Waals surface area contributed by atoms with Gasteiger partial charge in [-0.2, -0.15) is 0 Å². The van der Waals surface area contributed by atoms with Crippen LogP contribution in [0.4, 0.5) is 0 Å². The van der Waals surface area contributed by atoms with E-state index in [9.17, 15) is 0 Å². The second kappa shape index (κ2) is 5.34. The second-order valence-electron chi connectivity index (χ2n) is 6.05. The first-order valence-corrected chi connectivity index (χ1v) is 6.99. The van der Waals surface area contributed by atoms with Gasteiger partial charge in [-0.3, -0.25) is 0 Å². The first kappa shape index (κ1) is 11.4. The van der Waals surface area contributed by atoms with Gasteiger partial charge in [0.25, 0.3) is 0 Å². The highest BCUT2D eigenvalue weighted by Crippen LogP contribution is 2.42. The molecule has 1 nitrogen and oxygen atoms in total. The van der Waals surface area contributed by atoms with Gasteiger partial charge < -0.3 is 5.32 Å². The lowest BCUT2D eigenvalue weighted by molar-refractivity contribution is 0.136. The number of nitrogens with one attached hydrogen (secondary N) is 1. The molecule has 2 aliphatic rings. The molecule has 88 valence electrons. The molecule has 0 bridgehead atoms. The maximum atomic E-state index is 3.60. The molecule has 2 rings (SSSR count). The van der Waals surface area contributed by atoms with E-state index in [1.54, 1.807) is 6.42 Å². The fraction of sp³-hybridized carbons (Fsp3) is 1.00. The molecule has 0 aromatic heterocycles. The summed E-state index contributed by atoms with van der Waals surface area (Å²) in [7, 11) is 0. The molecule has 1 heteroatoms. The fourth-order valence-electron chi connectivity index (χ4n) is 3.28. The summed E-state index contributed by atoms with van der Waals surface area (Å²) in [5, 5.41) is 3.60. The second-order valence-corrected chi connectivity index (χ2v) is 6.05. The molecule has 0 saturated heterocycles. The highest BCUT2D eigenvalue weighted by molar-refractivity contribution is 4.85. The van der Waals surface area contributed by atoms with Crippen molar-refractivity contribution in [3.8, 4) is 0 Å². The van der Waals surface area contributed by atoms with Crippen LogP contribution in [0.1, 0.15) is 58.8 Å². The third-order valence-corrected chi connectivity index (χ3v) is 4.47. The Hall–Kier alpha value is -0.0400. The Labute approximate surface area is 95.0 Å². The van der Waals surface area contributed by atoms with Gasteiger partial charge in [0.15, 0.2) is 0 Å². The maximum absolute atomic E-state index is 3.60. The first-order chi connectivity index (χ1) is 7.25. The van der Waals surface area contributed by atoms with Gasteiger partial charge >= 0.3 is 0 Å². The van der Waals surface area contributed by atoms with E-state index in [2.05, 4.69) is 19.2 Å². The van der Waals surface area contributed by atoms with Crippen LogP contribution in [0.25, 0.3) is 0 Å². The van der Waals surface area contributed by atoms with Crippen LogP contribution in [0, 0.1) is 17.8 Å². The van der Waals surface area contributed by atoms with Crippen LogP contribution in [0.2, 0.25) is 0 Å². The summed E-state index contributed by atoms with van der Waals surface area (Å²) in [4.78, 5) is 0. The highest BCUT2D eigenvalue weighted by Gasteiger charge is 2.32. The van der Waals surface area contributed by atoms with E-state index in [0.29, 0.717) is 6.04 Å². The van der Waals surface area contributed by atoms with Gasteiger partial charge in [-0.25, -0.2) is 0 Å². The third kappa shape index (κ3) is 3.21. The van der Waals surface area contributed by atoms with E-state index < -0.39 is 0 Å². The van der Waals surface area contributed by atoms with Gasteiger partial charge in [0.05, 0.1) is 0 Å². The zero-order valence-electron chi connectivity index (χ0n) is 10.5. The van der Waals surface area contributed by atoms with Crippen molar-refractivity contribution in [2.45, 2.75) is 64.8 Å². The lowest BCUT2D eigenvalue weighted by Gasteiger charge is -2.39. The molecule has 0 spiro atoms. The van der Waals surface area contributed by atoms with Gasteiger partial charge in [0.2, 0.25) is 0 Å². The monoisotopic (exact) mass is 209 g/mol. The van der Waals surface area contributed by atoms with E-state index in [-0.39, 0.29) is 0 Å². The summed E-state index contributed by atoms with van der Waals surface area (Å²) in [6.07, 6.45) is 10.6. The molecule has 0 amide bonds. The van der Waals surface area contributed by atoms with Gasteiger partial charge in [-0.1, -0.05) is 39.5 Å². The molecular weight excluding hydrogens is 182 g/mol. The van der Waals surface area contributed by atoms with Crippen molar-refractivity contribution in [3.05, 3.63) is 0 Å². The maximum Gasteiger partial charge on any atom is 0.00104 e. The summed E-state index contributed by atoms with van der Waals surface area (Å²) >= 11 is 0. The van der Waals surface area contributed by atoms with Gasteiger partial charge in [-0.15, -0.1) is 0 Å². The van der Waals surface area contributed by atoms with Crippen molar-refractivity contribution >= 4 is 0 Å². The molecule has 2 fully saturated rings. The molecule has 0 aromatic carbocycles. The smallest absolute Gasteiger partial charge is 0.00104 e. The minimum Gasteiger partial charge on any atom is -0.314 e. The molecule has 15 heavy (non-hydrogen) atoms. The number of hydrogen-bond donors (Lipinski definition) is 1. The Balaban J connectivity index is 1.65. The van der Waals surface area contributed by atoms with E-state index in [0.717, 1.165) is 17.8 Å². The Bertz CT molecular complexity index is 182. The Morgan fingerprint density at radius 2 is 1.67 bits per heavy atom. The van der Waals surface area contributed by atoms with Crippen LogP contribution in [-0.2, 0) is 0 Å². The number of rotatable bonds is 5. The lowest BCUT2D eigenvalue weighted by Crippen LogP contribution is -2.38. The quantitative estimate of drug-likeness (QED) is 0.729. The zero-order chi connectivity index (χ0) is 10.7. The predicted molar refractivity (Wildman–Crippen MR) is 65.9 cm³/mol. The Kier molecular flexibility index (Phi) is 4.07. The first-order valence-electron chi connectivity index (χ1n) is 6.99. The topological polar surface area (TPSA) is 12.0 Å². The van der Waals surface area contributed by atoms with Crippen molar-refractivity contribution in [2.75, 3.05) is 6.54 Å². The molecule has 0 aromatic rings. The van der Waals surface area contributed by atoms with Crippen LogP contribution >= 0.6 is 0 Å². The minimum atomic E-state index is 0.665. The zero-order valence-corrected chi connectivity index (χ0v) is 10.5. The molecule has 2 atom stereocenters. The van der Waals surface area contributed by atoms with Crippen LogP contribution in [0.3, 0.4) is 0 Å². The lowest BCUT2D eigenvalue weighted by atomic mass is 9.69. The summed E-state index contributed by atoms with van der Waals surface area (Å²) < 4.78 is 0. The highest BCUT2D eigenvalue weighted by atomic mass is 14.9. The van der Waals surface area contributed by atoms with Crippen LogP contribution in [0.5, 0.6) is 0 Å². The van der Waals surface area contributed by atoms with E-state index >= 15 is 0 Å². The molecule has 0 heterocycles. The molecule has 2 saturated carbocycles. The van der Waals surface area contributed by atoms with Crippen LogP contribution < -0.4 is 5.32 Å². The van der Waals surface area contributed by atoms with Crippen molar-refractivity contribution in [1.82, 2.24) is 5.32 Å². The van der Waals surface area contributed by atoms with E-state index in [1.165, 1.54) is 45.1 Å². The summed E-state index contributed by atoms with van der Waals surface area (Å²) in [6.45, 7) is 5.78. The Morgan fingerprint density at radius 3 is 2.20 bits per heavy atom. The number of hydrogen-bond acceptors (Lipinski definition) is 1. The summed E-state index contributed by atoms with van der Waals surface area (Å²) in [6, 6.07) is 0.665. The average Bonchev–Trinajstić information content (AvgIpc) is 2.64. The third-order valence-electron chi connectivity index (χ3n) is 4.47. The average molecular weight is 209 g/mol. The van der Waals surface area contributed by atoms with Crippen molar-refractivity contribution in [2.24, 2.45) is 17.8 Å².